The van der Waals surface area contributed by atoms with E-state index < -0.39 is 0 Å². The van der Waals surface area contributed by atoms with Crippen LogP contribution in [0.15, 0.2) is 35.5 Å². The minimum absolute atomic E-state index is 0.0720. The van der Waals surface area contributed by atoms with E-state index in [9.17, 15) is 9.59 Å². The molecule has 3 N–H and O–H groups in total. The van der Waals surface area contributed by atoms with Crippen molar-refractivity contribution in [1.82, 2.24) is 20.3 Å². The number of aryl methyl sites for hydroxylation is 1. The van der Waals surface area contributed by atoms with Crippen LogP contribution in [0.5, 0.6) is 0 Å². The first kappa shape index (κ1) is 16.9. The summed E-state index contributed by atoms with van der Waals surface area (Å²) in [6.07, 6.45) is 8.12. The molecule has 1 aliphatic carbocycles. The fourth-order valence-corrected chi connectivity index (χ4v) is 4.65. The lowest BCUT2D eigenvalue weighted by Crippen LogP contribution is -2.51. The van der Waals surface area contributed by atoms with E-state index in [2.05, 4.69) is 25.6 Å². The molecule has 0 saturated heterocycles. The number of anilines is 2. The number of rotatable bonds is 2. The van der Waals surface area contributed by atoms with Crippen LogP contribution >= 0.6 is 0 Å². The third kappa shape index (κ3) is 2.66. The van der Waals surface area contributed by atoms with Crippen molar-refractivity contribution in [3.8, 4) is 0 Å². The Morgan fingerprint density at radius 3 is 2.79 bits per heavy atom. The van der Waals surface area contributed by atoms with E-state index in [0.29, 0.717) is 29.1 Å². The Balaban J connectivity index is 1.61. The highest BCUT2D eigenvalue weighted by Gasteiger charge is 2.40. The van der Waals surface area contributed by atoms with Gasteiger partial charge in [-0.15, -0.1) is 0 Å². The zero-order valence-electron chi connectivity index (χ0n) is 15.6. The fourth-order valence-electron chi connectivity index (χ4n) is 4.65. The highest BCUT2D eigenvalue weighted by Crippen LogP contribution is 2.37. The van der Waals surface area contributed by atoms with Crippen molar-refractivity contribution in [3.05, 3.63) is 57.6 Å². The Bertz CT molecular complexity index is 1160. The Kier molecular flexibility index (Phi) is 3.72. The summed E-state index contributed by atoms with van der Waals surface area (Å²) >= 11 is 0. The van der Waals surface area contributed by atoms with Gasteiger partial charge in [-0.2, -0.15) is 0 Å². The van der Waals surface area contributed by atoms with Crippen LogP contribution in [0.25, 0.3) is 11.0 Å². The van der Waals surface area contributed by atoms with Gasteiger partial charge in [0.25, 0.3) is 5.91 Å². The number of hydrogen-bond donors (Lipinski definition) is 3. The summed E-state index contributed by atoms with van der Waals surface area (Å²) in [6, 6.07) is 5.23. The van der Waals surface area contributed by atoms with Crippen molar-refractivity contribution < 1.29 is 4.79 Å². The molecule has 0 bridgehead atoms. The molecular formula is C21H21N5O2. The predicted octanol–water partition coefficient (Wildman–Crippen LogP) is 2.97. The largest absolute Gasteiger partial charge is 0.346 e. The molecule has 1 aromatic carbocycles. The first-order valence-corrected chi connectivity index (χ1v) is 9.60. The van der Waals surface area contributed by atoms with Crippen molar-refractivity contribution >= 4 is 28.4 Å². The predicted molar refractivity (Wildman–Crippen MR) is 107 cm³/mol. The molecule has 5 rings (SSSR count). The molecule has 142 valence electrons. The molecule has 1 amide bonds. The number of aromatic nitrogens is 3. The van der Waals surface area contributed by atoms with Crippen molar-refractivity contribution in [3.63, 3.8) is 0 Å². The normalized spacial score (nSPS) is 17.5. The van der Waals surface area contributed by atoms with E-state index in [1.165, 1.54) is 6.33 Å². The van der Waals surface area contributed by atoms with E-state index in [1.54, 1.807) is 18.3 Å². The molecule has 0 atom stereocenters. The average Bonchev–Trinajstić information content (AvgIpc) is 3.28. The molecule has 2 aliphatic rings. The highest BCUT2D eigenvalue weighted by molar-refractivity contribution is 5.99. The highest BCUT2D eigenvalue weighted by atomic mass is 16.2. The molecule has 2 aromatic heterocycles. The van der Waals surface area contributed by atoms with Crippen molar-refractivity contribution in [2.24, 2.45) is 0 Å². The van der Waals surface area contributed by atoms with Crippen LogP contribution in [-0.2, 0) is 6.42 Å². The standard InChI is InChI=1S/C21H21N5O2/c1-12-8-15(25-19-14-4-7-22-18(14)23-11-24-19)16(27)9-13-10-21(5-2-3-6-21)26-20(28)17(12)13/h4,7-9,11H,2-3,5-6,10H2,1H3,(H,26,28)(H2,22,23,24,25,27). The smallest absolute Gasteiger partial charge is 0.252 e. The first-order chi connectivity index (χ1) is 13.5. The Hall–Kier alpha value is -3.22. The topological polar surface area (TPSA) is 99.8 Å². The summed E-state index contributed by atoms with van der Waals surface area (Å²) in [5, 5.41) is 7.18. The van der Waals surface area contributed by atoms with Crippen LogP contribution in [0.2, 0.25) is 0 Å². The summed E-state index contributed by atoms with van der Waals surface area (Å²) in [5.74, 6) is 0.487. The van der Waals surface area contributed by atoms with Crippen molar-refractivity contribution in [1.29, 1.82) is 0 Å². The summed E-state index contributed by atoms with van der Waals surface area (Å²) in [5.41, 5.74) is 3.02. The third-order valence-electron chi connectivity index (χ3n) is 5.95. The first-order valence-electron chi connectivity index (χ1n) is 9.60. The second-order valence-corrected chi connectivity index (χ2v) is 7.86. The maximum Gasteiger partial charge on any atom is 0.252 e. The fraction of sp³-hybridized carbons (Fsp3) is 0.333. The summed E-state index contributed by atoms with van der Waals surface area (Å²) in [6.45, 7) is 1.88. The molecule has 1 saturated carbocycles. The average molecular weight is 375 g/mol. The van der Waals surface area contributed by atoms with Crippen LogP contribution in [-0.4, -0.2) is 26.4 Å². The van der Waals surface area contributed by atoms with Crippen LogP contribution < -0.4 is 16.1 Å². The monoisotopic (exact) mass is 375 g/mol. The summed E-state index contributed by atoms with van der Waals surface area (Å²) < 4.78 is 0. The molecule has 7 heteroatoms. The van der Waals surface area contributed by atoms with Gasteiger partial charge in [0.2, 0.25) is 5.43 Å². The molecular weight excluding hydrogens is 354 g/mol. The van der Waals surface area contributed by atoms with Crippen LogP contribution in [0, 0.1) is 6.92 Å². The lowest BCUT2D eigenvalue weighted by molar-refractivity contribution is 0.0880. The molecule has 1 fully saturated rings. The quantitative estimate of drug-likeness (QED) is 0.639. The van der Waals surface area contributed by atoms with Gasteiger partial charge in [0, 0.05) is 17.3 Å². The maximum atomic E-state index is 13.0. The number of H-pyrrole nitrogens is 1. The molecule has 1 spiro atoms. The van der Waals surface area contributed by atoms with Gasteiger partial charge in [-0.25, -0.2) is 9.97 Å². The lowest BCUT2D eigenvalue weighted by atomic mass is 9.83. The second kappa shape index (κ2) is 6.15. The van der Waals surface area contributed by atoms with Gasteiger partial charge < -0.3 is 15.6 Å². The van der Waals surface area contributed by atoms with Gasteiger partial charge in [0.15, 0.2) is 0 Å². The van der Waals surface area contributed by atoms with E-state index in [0.717, 1.165) is 42.2 Å². The van der Waals surface area contributed by atoms with Gasteiger partial charge in [-0.05, 0) is 55.5 Å². The van der Waals surface area contributed by atoms with Gasteiger partial charge in [-0.1, -0.05) is 12.8 Å². The number of amides is 1. The number of nitrogens with one attached hydrogen (secondary N) is 3. The number of fused-ring (bicyclic) bond motifs is 2. The van der Waals surface area contributed by atoms with E-state index in [4.69, 9.17) is 0 Å². The van der Waals surface area contributed by atoms with E-state index in [-0.39, 0.29) is 16.9 Å². The zero-order valence-corrected chi connectivity index (χ0v) is 15.6. The molecule has 1 aliphatic heterocycles. The van der Waals surface area contributed by atoms with Crippen LogP contribution in [0.4, 0.5) is 11.5 Å². The van der Waals surface area contributed by atoms with Gasteiger partial charge in [0.1, 0.15) is 17.8 Å². The van der Waals surface area contributed by atoms with Crippen molar-refractivity contribution in [2.45, 2.75) is 44.6 Å². The Labute approximate surface area is 161 Å². The van der Waals surface area contributed by atoms with E-state index >= 15 is 0 Å². The molecule has 3 heterocycles. The SMILES string of the molecule is Cc1cc(Nc2ncnc3[nH]ccc23)c(=O)cc2c1C(=O)NC1(CCCC1)C2. The number of carbonyl (C=O) groups excluding carboxylic acids is 1. The van der Waals surface area contributed by atoms with Crippen molar-refractivity contribution in [2.75, 3.05) is 5.32 Å². The molecule has 0 radical (unpaired) electrons. The molecule has 28 heavy (non-hydrogen) atoms. The third-order valence-corrected chi connectivity index (χ3v) is 5.95. The van der Waals surface area contributed by atoms with Gasteiger partial charge in [0.05, 0.1) is 11.1 Å². The Morgan fingerprint density at radius 1 is 1.14 bits per heavy atom. The number of nitrogens with zero attached hydrogens (tertiary/aromatic N) is 2. The minimum Gasteiger partial charge on any atom is -0.346 e. The molecule has 7 nitrogen and oxygen atoms in total. The maximum absolute atomic E-state index is 13.0. The second-order valence-electron chi connectivity index (χ2n) is 7.86. The zero-order chi connectivity index (χ0) is 19.3. The number of carbonyl (C=O) groups is 1. The lowest BCUT2D eigenvalue weighted by Gasteiger charge is -2.35. The van der Waals surface area contributed by atoms with E-state index in [1.807, 2.05) is 13.0 Å². The van der Waals surface area contributed by atoms with Crippen LogP contribution in [0.1, 0.15) is 47.2 Å². The van der Waals surface area contributed by atoms with Gasteiger partial charge >= 0.3 is 0 Å². The molecule has 3 aromatic rings. The Morgan fingerprint density at radius 2 is 1.96 bits per heavy atom. The number of hydrogen-bond acceptors (Lipinski definition) is 5. The van der Waals surface area contributed by atoms with Gasteiger partial charge in [-0.3, -0.25) is 9.59 Å². The summed E-state index contributed by atoms with van der Waals surface area (Å²) in [4.78, 5) is 37.3. The minimum atomic E-state index is -0.186. The summed E-state index contributed by atoms with van der Waals surface area (Å²) in [7, 11) is 0. The van der Waals surface area contributed by atoms with Crippen LogP contribution in [0.3, 0.4) is 0 Å². The number of aromatic amines is 1. The molecule has 0 unspecified atom stereocenters.